The van der Waals surface area contributed by atoms with Gasteiger partial charge in [0.25, 0.3) is 0 Å². The van der Waals surface area contributed by atoms with E-state index in [1.807, 2.05) is 37.3 Å². The van der Waals surface area contributed by atoms with Crippen molar-refractivity contribution in [2.24, 2.45) is 0 Å². The van der Waals surface area contributed by atoms with Crippen LogP contribution in [0.2, 0.25) is 5.02 Å². The minimum atomic E-state index is -0.194. The van der Waals surface area contributed by atoms with Crippen LogP contribution in [0.5, 0.6) is 0 Å². The number of ketones is 1. The van der Waals surface area contributed by atoms with Crippen molar-refractivity contribution in [2.45, 2.75) is 6.92 Å². The molecular weight excluding hydrogens is 368 g/mol. The topological polar surface area (TPSA) is 81.8 Å². The average molecular weight is 381 g/mol. The molecule has 0 bridgehead atoms. The van der Waals surface area contributed by atoms with Gasteiger partial charge in [-0.15, -0.1) is 11.3 Å². The number of halogens is 1. The number of nitrogens with two attached hydrogens (primary N) is 1. The smallest absolute Gasteiger partial charge is 0.208 e. The Morgan fingerprint density at radius 1 is 1.19 bits per heavy atom. The lowest BCUT2D eigenvalue weighted by Crippen LogP contribution is -2.06. The lowest BCUT2D eigenvalue weighted by molar-refractivity contribution is 0.104. The van der Waals surface area contributed by atoms with E-state index >= 15 is 0 Å². The van der Waals surface area contributed by atoms with Gasteiger partial charge in [-0.2, -0.15) is 0 Å². The van der Waals surface area contributed by atoms with Crippen LogP contribution < -0.4 is 5.73 Å². The van der Waals surface area contributed by atoms with Gasteiger partial charge < -0.3 is 5.73 Å². The number of anilines is 1. The van der Waals surface area contributed by atoms with Crippen molar-refractivity contribution < 1.29 is 4.79 Å². The number of rotatable bonds is 3. The zero-order valence-electron chi connectivity index (χ0n) is 13.7. The number of nitrogens with zero attached hydrogens (tertiary/aromatic N) is 3. The second-order valence-corrected chi connectivity index (χ2v) is 7.45. The number of carbonyl (C=O) groups excluding carboxylic acids is 1. The lowest BCUT2D eigenvalue weighted by Gasteiger charge is -2.05. The van der Waals surface area contributed by atoms with E-state index in [4.69, 9.17) is 17.3 Å². The molecule has 0 atom stereocenters. The molecule has 0 radical (unpaired) electrons. The number of thiophene rings is 1. The first-order valence-corrected chi connectivity index (χ1v) is 8.99. The van der Waals surface area contributed by atoms with Gasteiger partial charge in [-0.1, -0.05) is 17.7 Å². The summed E-state index contributed by atoms with van der Waals surface area (Å²) in [6.07, 6.45) is 4.52. The van der Waals surface area contributed by atoms with Gasteiger partial charge in [0.05, 0.1) is 16.1 Å². The van der Waals surface area contributed by atoms with Crippen LogP contribution in [0, 0.1) is 6.92 Å². The molecule has 0 fully saturated rings. The summed E-state index contributed by atoms with van der Waals surface area (Å²) in [5, 5.41) is 2.63. The van der Waals surface area contributed by atoms with Crippen molar-refractivity contribution in [3.8, 4) is 11.3 Å². The fourth-order valence-electron chi connectivity index (χ4n) is 2.83. The van der Waals surface area contributed by atoms with E-state index in [2.05, 4.69) is 15.0 Å². The van der Waals surface area contributed by atoms with Gasteiger partial charge in [0.2, 0.25) is 5.78 Å². The summed E-state index contributed by atoms with van der Waals surface area (Å²) < 4.78 is 0. The van der Waals surface area contributed by atoms with Gasteiger partial charge in [-0.25, -0.2) is 9.97 Å². The van der Waals surface area contributed by atoms with Crippen LogP contribution in [-0.2, 0) is 0 Å². The first-order valence-electron chi connectivity index (χ1n) is 7.80. The van der Waals surface area contributed by atoms with E-state index in [9.17, 15) is 4.79 Å². The summed E-state index contributed by atoms with van der Waals surface area (Å²) in [7, 11) is 0. The van der Waals surface area contributed by atoms with Crippen molar-refractivity contribution in [2.75, 3.05) is 5.73 Å². The van der Waals surface area contributed by atoms with Crippen LogP contribution in [0.4, 0.5) is 5.82 Å². The minimum Gasteiger partial charge on any atom is -0.383 e. The average Bonchev–Trinajstić information content (AvgIpc) is 3.02. The molecule has 0 aliphatic rings. The Hall–Kier alpha value is -2.83. The monoisotopic (exact) mass is 380 g/mol. The van der Waals surface area contributed by atoms with Gasteiger partial charge >= 0.3 is 0 Å². The quantitative estimate of drug-likeness (QED) is 0.528. The number of nitrogen functional groups attached to an aromatic ring is 1. The van der Waals surface area contributed by atoms with Crippen LogP contribution in [-0.4, -0.2) is 20.7 Å². The molecular formula is C19H13ClN4OS. The number of benzene rings is 1. The Balaban J connectivity index is 1.85. The predicted octanol–water partition coefficient (Wildman–Crippen LogP) is 4.53. The highest BCUT2D eigenvalue weighted by atomic mass is 35.5. The minimum absolute atomic E-state index is 0.174. The molecule has 1 aromatic carbocycles. The van der Waals surface area contributed by atoms with Crippen molar-refractivity contribution in [3.05, 3.63) is 69.4 Å². The maximum Gasteiger partial charge on any atom is 0.208 e. The SMILES string of the molecule is Cc1sc(C(=O)c2cncnc2N)cc1-c1nccc2ccc(Cl)cc12. The summed E-state index contributed by atoms with van der Waals surface area (Å²) in [5.74, 6) is -0.0200. The highest BCUT2D eigenvalue weighted by Gasteiger charge is 2.19. The van der Waals surface area contributed by atoms with Gasteiger partial charge in [0.15, 0.2) is 0 Å². The van der Waals surface area contributed by atoms with Gasteiger partial charge in [-0.05, 0) is 36.6 Å². The molecule has 26 heavy (non-hydrogen) atoms. The third-order valence-electron chi connectivity index (χ3n) is 4.11. The molecule has 5 nitrogen and oxygen atoms in total. The largest absolute Gasteiger partial charge is 0.383 e. The maximum atomic E-state index is 12.8. The number of hydrogen-bond acceptors (Lipinski definition) is 6. The first kappa shape index (κ1) is 16.6. The Morgan fingerprint density at radius 3 is 2.85 bits per heavy atom. The standard InChI is InChI=1S/C19H13ClN4OS/c1-10-13(17-14-6-12(20)3-2-11(14)4-5-23-17)7-16(26-10)18(25)15-8-22-9-24-19(15)21/h2-9H,1H3,(H2,21,22,24). The zero-order valence-corrected chi connectivity index (χ0v) is 15.3. The number of aryl methyl sites for hydroxylation is 1. The lowest BCUT2D eigenvalue weighted by atomic mass is 10.0. The molecule has 3 aromatic heterocycles. The van der Waals surface area contributed by atoms with Crippen molar-refractivity contribution in [1.29, 1.82) is 0 Å². The molecule has 0 aliphatic heterocycles. The van der Waals surface area contributed by atoms with E-state index in [1.165, 1.54) is 23.9 Å². The number of pyridine rings is 1. The van der Waals surface area contributed by atoms with Gasteiger partial charge in [0.1, 0.15) is 12.1 Å². The highest BCUT2D eigenvalue weighted by Crippen LogP contribution is 2.35. The molecule has 7 heteroatoms. The molecule has 0 aliphatic carbocycles. The van der Waals surface area contributed by atoms with Crippen molar-refractivity contribution in [1.82, 2.24) is 15.0 Å². The molecule has 0 saturated carbocycles. The number of fused-ring (bicyclic) bond motifs is 1. The Kier molecular flexibility index (Phi) is 4.14. The Labute approximate surface area is 158 Å². The summed E-state index contributed by atoms with van der Waals surface area (Å²) in [4.78, 5) is 26.7. The number of hydrogen-bond donors (Lipinski definition) is 1. The molecule has 4 aromatic rings. The molecule has 0 saturated heterocycles. The molecule has 2 N–H and O–H groups in total. The summed E-state index contributed by atoms with van der Waals surface area (Å²) in [5.41, 5.74) is 7.82. The molecule has 4 rings (SSSR count). The normalized spacial score (nSPS) is 11.0. The summed E-state index contributed by atoms with van der Waals surface area (Å²) in [6.45, 7) is 1.96. The molecule has 0 spiro atoms. The number of carbonyl (C=O) groups is 1. The second kappa shape index (κ2) is 6.48. The Bertz CT molecular complexity index is 1160. The number of aromatic nitrogens is 3. The van der Waals surface area contributed by atoms with E-state index in [0.29, 0.717) is 15.5 Å². The van der Waals surface area contributed by atoms with Crippen LogP contribution in [0.3, 0.4) is 0 Å². The van der Waals surface area contributed by atoms with Gasteiger partial charge in [-0.3, -0.25) is 9.78 Å². The van der Waals surface area contributed by atoms with Crippen LogP contribution >= 0.6 is 22.9 Å². The Morgan fingerprint density at radius 2 is 2.04 bits per heavy atom. The molecule has 128 valence electrons. The first-order chi connectivity index (χ1) is 12.5. The third kappa shape index (κ3) is 2.83. The van der Waals surface area contributed by atoms with Crippen LogP contribution in [0.15, 0.2) is 49.1 Å². The van der Waals surface area contributed by atoms with Crippen LogP contribution in [0.1, 0.15) is 20.1 Å². The zero-order chi connectivity index (χ0) is 18.3. The van der Waals surface area contributed by atoms with E-state index in [0.717, 1.165) is 26.9 Å². The molecule has 3 heterocycles. The summed E-state index contributed by atoms with van der Waals surface area (Å²) in [6, 6.07) is 9.48. The molecule has 0 unspecified atom stereocenters. The fourth-order valence-corrected chi connectivity index (χ4v) is 3.98. The van der Waals surface area contributed by atoms with Crippen molar-refractivity contribution in [3.63, 3.8) is 0 Å². The second-order valence-electron chi connectivity index (χ2n) is 5.76. The van der Waals surface area contributed by atoms with Gasteiger partial charge in [0, 0.05) is 33.2 Å². The third-order valence-corrected chi connectivity index (χ3v) is 5.40. The maximum absolute atomic E-state index is 12.8. The summed E-state index contributed by atoms with van der Waals surface area (Å²) >= 11 is 7.56. The van der Waals surface area contributed by atoms with E-state index in [1.54, 1.807) is 6.20 Å². The predicted molar refractivity (Wildman–Crippen MR) is 105 cm³/mol. The highest BCUT2D eigenvalue weighted by molar-refractivity contribution is 7.14. The van der Waals surface area contributed by atoms with E-state index in [-0.39, 0.29) is 11.6 Å². The fraction of sp³-hybridized carbons (Fsp3) is 0.0526. The molecule has 0 amide bonds. The van der Waals surface area contributed by atoms with Crippen LogP contribution in [0.25, 0.3) is 22.0 Å². The van der Waals surface area contributed by atoms with E-state index < -0.39 is 0 Å². The van der Waals surface area contributed by atoms with Crippen molar-refractivity contribution >= 4 is 45.3 Å².